The number of pyridine rings is 1. The van der Waals surface area contributed by atoms with Gasteiger partial charge in [0.2, 0.25) is 0 Å². The molecule has 0 saturated carbocycles. The summed E-state index contributed by atoms with van der Waals surface area (Å²) in [5.41, 5.74) is 6.98. The summed E-state index contributed by atoms with van der Waals surface area (Å²) in [7, 11) is 1.16. The number of alkyl halides is 1. The van der Waals surface area contributed by atoms with Crippen molar-refractivity contribution in [2.75, 3.05) is 12.8 Å². The van der Waals surface area contributed by atoms with E-state index in [0.717, 1.165) is 18.2 Å². The van der Waals surface area contributed by atoms with Crippen LogP contribution in [0.5, 0.6) is 0 Å². The molecule has 3 rings (SSSR count). The molecule has 1 heterocycles. The number of fused-ring (bicyclic) bond motifs is 1. The van der Waals surface area contributed by atoms with E-state index in [1.54, 1.807) is 18.2 Å². The lowest BCUT2D eigenvalue weighted by Crippen LogP contribution is -2.10. The lowest BCUT2D eigenvalue weighted by Gasteiger charge is -2.11. The Morgan fingerprint density at radius 3 is 2.78 bits per heavy atom. The molecule has 7 heteroatoms. The number of esters is 1. The maximum absolute atomic E-state index is 14.4. The van der Waals surface area contributed by atoms with Gasteiger partial charge in [-0.1, -0.05) is 23.7 Å². The zero-order valence-corrected chi connectivity index (χ0v) is 13.0. The van der Waals surface area contributed by atoms with Crippen LogP contribution in [-0.4, -0.2) is 24.2 Å². The summed E-state index contributed by atoms with van der Waals surface area (Å²) in [5, 5.41) is -0.289. The maximum Gasteiger partial charge on any atom is 0.358 e. The number of nitrogens with two attached hydrogens (primary N) is 1. The summed E-state index contributed by atoms with van der Waals surface area (Å²) in [6.45, 7) is 0. The molecule has 0 radical (unpaired) electrons. The molecule has 0 fully saturated rings. The molecule has 1 aromatic carbocycles. The average Bonchev–Trinajstić information content (AvgIpc) is 2.91. The van der Waals surface area contributed by atoms with Crippen molar-refractivity contribution in [1.82, 2.24) is 4.98 Å². The number of ether oxygens (including phenoxy) is 1. The summed E-state index contributed by atoms with van der Waals surface area (Å²) in [4.78, 5) is 15.7. The summed E-state index contributed by atoms with van der Waals surface area (Å²) in [6, 6.07) is 5.01. The predicted molar refractivity (Wildman–Crippen MR) is 82.7 cm³/mol. The Bertz CT molecular complexity index is 811. The van der Waals surface area contributed by atoms with Crippen LogP contribution in [0, 0.1) is 5.82 Å². The van der Waals surface area contributed by atoms with Gasteiger partial charge in [-0.15, -0.1) is 0 Å². The number of benzene rings is 1. The molecule has 0 saturated heterocycles. The number of carbonyl (C=O) groups is 1. The fourth-order valence-electron chi connectivity index (χ4n) is 2.70. The monoisotopic (exact) mass is 338 g/mol. The highest BCUT2D eigenvalue weighted by atomic mass is 35.5. The van der Waals surface area contributed by atoms with Gasteiger partial charge in [0.25, 0.3) is 0 Å². The number of halogens is 3. The highest BCUT2D eigenvalue weighted by Gasteiger charge is 2.25. The van der Waals surface area contributed by atoms with Gasteiger partial charge in [-0.3, -0.25) is 0 Å². The van der Waals surface area contributed by atoms with Crippen LogP contribution in [0.1, 0.15) is 21.6 Å². The lowest BCUT2D eigenvalue weighted by molar-refractivity contribution is 0.0594. The predicted octanol–water partition coefficient (Wildman–Crippen LogP) is 3.35. The zero-order valence-electron chi connectivity index (χ0n) is 12.2. The molecule has 1 aliphatic rings. The van der Waals surface area contributed by atoms with E-state index >= 15 is 0 Å². The molecule has 23 heavy (non-hydrogen) atoms. The Hall–Kier alpha value is -2.21. The third kappa shape index (κ3) is 2.63. The van der Waals surface area contributed by atoms with Crippen LogP contribution in [0.4, 0.5) is 14.5 Å². The molecular weight excluding hydrogens is 326 g/mol. The fourth-order valence-corrected chi connectivity index (χ4v) is 2.90. The van der Waals surface area contributed by atoms with Crippen LogP contribution < -0.4 is 5.73 Å². The molecule has 1 unspecified atom stereocenters. The van der Waals surface area contributed by atoms with E-state index < -0.39 is 18.0 Å². The third-order valence-electron chi connectivity index (χ3n) is 3.85. The first-order valence-corrected chi connectivity index (χ1v) is 7.29. The van der Waals surface area contributed by atoms with Gasteiger partial charge < -0.3 is 10.5 Å². The van der Waals surface area contributed by atoms with Gasteiger partial charge in [-0.2, -0.15) is 0 Å². The molecule has 0 spiro atoms. The number of nitrogen functional groups attached to an aromatic ring is 1. The Morgan fingerprint density at radius 1 is 1.39 bits per heavy atom. The second kappa shape index (κ2) is 5.77. The van der Waals surface area contributed by atoms with E-state index in [1.807, 2.05) is 0 Å². The average molecular weight is 339 g/mol. The van der Waals surface area contributed by atoms with Crippen molar-refractivity contribution in [3.63, 3.8) is 0 Å². The van der Waals surface area contributed by atoms with Crippen molar-refractivity contribution >= 4 is 23.3 Å². The number of nitrogens with zero attached hydrogens (tertiary/aromatic N) is 1. The molecule has 0 aliphatic heterocycles. The van der Waals surface area contributed by atoms with E-state index in [1.165, 1.54) is 0 Å². The molecule has 0 bridgehead atoms. The molecule has 2 N–H and O–H groups in total. The molecule has 1 aromatic heterocycles. The Morgan fingerprint density at radius 2 is 2.09 bits per heavy atom. The maximum atomic E-state index is 14.4. The van der Waals surface area contributed by atoms with Crippen LogP contribution in [0.25, 0.3) is 11.3 Å². The molecule has 120 valence electrons. The number of anilines is 1. The van der Waals surface area contributed by atoms with Crippen LogP contribution in [0.3, 0.4) is 0 Å². The van der Waals surface area contributed by atoms with E-state index in [0.29, 0.717) is 12.0 Å². The number of methoxy groups -OCH3 is 1. The van der Waals surface area contributed by atoms with E-state index in [-0.39, 0.29) is 28.5 Å². The standard InChI is InChI=1S/C16H13ClF2N2O2/c1-23-16(22)15-11(17)13(20)12(19)14(21-15)8-3-2-7-5-10(18)6-9(7)4-8/h2-4,10H,5-6H2,1H3,(H2,20,21). The van der Waals surface area contributed by atoms with Gasteiger partial charge in [0, 0.05) is 18.4 Å². The molecular formula is C16H13ClF2N2O2. The second-order valence-corrected chi connectivity index (χ2v) is 5.71. The van der Waals surface area contributed by atoms with Crippen molar-refractivity contribution in [3.05, 3.63) is 45.9 Å². The van der Waals surface area contributed by atoms with E-state index in [2.05, 4.69) is 9.72 Å². The van der Waals surface area contributed by atoms with Gasteiger partial charge in [0.1, 0.15) is 11.9 Å². The molecule has 2 aromatic rings. The van der Waals surface area contributed by atoms with Gasteiger partial charge in [-0.25, -0.2) is 18.6 Å². The number of aromatic nitrogens is 1. The SMILES string of the molecule is COC(=O)c1nc(-c2ccc3c(c2)CC(F)C3)c(F)c(N)c1Cl. The van der Waals surface area contributed by atoms with Crippen LogP contribution in [-0.2, 0) is 17.6 Å². The second-order valence-electron chi connectivity index (χ2n) is 5.33. The van der Waals surface area contributed by atoms with Crippen molar-refractivity contribution in [3.8, 4) is 11.3 Å². The Kier molecular flexibility index (Phi) is 3.93. The van der Waals surface area contributed by atoms with Crippen molar-refractivity contribution < 1.29 is 18.3 Å². The third-order valence-corrected chi connectivity index (χ3v) is 4.24. The molecule has 0 amide bonds. The minimum absolute atomic E-state index is 0.114. The summed E-state index contributed by atoms with van der Waals surface area (Å²) >= 11 is 5.87. The first kappa shape index (κ1) is 15.7. The zero-order chi connectivity index (χ0) is 16.7. The summed E-state index contributed by atoms with van der Waals surface area (Å²) in [6.07, 6.45) is -0.307. The van der Waals surface area contributed by atoms with Crippen LogP contribution >= 0.6 is 11.6 Å². The summed E-state index contributed by atoms with van der Waals surface area (Å²) < 4.78 is 32.5. The Labute approximate surface area is 136 Å². The first-order chi connectivity index (χ1) is 10.9. The topological polar surface area (TPSA) is 65.2 Å². The van der Waals surface area contributed by atoms with E-state index in [9.17, 15) is 13.6 Å². The van der Waals surface area contributed by atoms with Crippen LogP contribution in [0.2, 0.25) is 5.02 Å². The normalized spacial score (nSPS) is 16.3. The molecule has 1 aliphatic carbocycles. The lowest BCUT2D eigenvalue weighted by atomic mass is 10.0. The van der Waals surface area contributed by atoms with E-state index in [4.69, 9.17) is 17.3 Å². The fraction of sp³-hybridized carbons (Fsp3) is 0.250. The van der Waals surface area contributed by atoms with Gasteiger partial charge in [0.05, 0.1) is 17.8 Å². The highest BCUT2D eigenvalue weighted by molar-refractivity contribution is 6.35. The smallest absolute Gasteiger partial charge is 0.358 e. The Balaban J connectivity index is 2.15. The van der Waals surface area contributed by atoms with Gasteiger partial charge in [-0.05, 0) is 17.2 Å². The number of hydrogen-bond acceptors (Lipinski definition) is 4. The largest absolute Gasteiger partial charge is 0.464 e. The molecule has 1 atom stereocenters. The summed E-state index contributed by atoms with van der Waals surface area (Å²) in [5.74, 6) is -1.63. The molecule has 4 nitrogen and oxygen atoms in total. The number of rotatable bonds is 2. The minimum atomic E-state index is -0.932. The van der Waals surface area contributed by atoms with Crippen LogP contribution in [0.15, 0.2) is 18.2 Å². The van der Waals surface area contributed by atoms with Gasteiger partial charge >= 0.3 is 5.97 Å². The minimum Gasteiger partial charge on any atom is -0.464 e. The van der Waals surface area contributed by atoms with Gasteiger partial charge in [0.15, 0.2) is 11.5 Å². The highest BCUT2D eigenvalue weighted by Crippen LogP contribution is 2.34. The van der Waals surface area contributed by atoms with Crippen molar-refractivity contribution in [2.45, 2.75) is 19.0 Å². The number of hydrogen-bond donors (Lipinski definition) is 1. The van der Waals surface area contributed by atoms with Crippen molar-refractivity contribution in [1.29, 1.82) is 0 Å². The van der Waals surface area contributed by atoms with Crippen molar-refractivity contribution in [2.24, 2.45) is 0 Å². The first-order valence-electron chi connectivity index (χ1n) is 6.91. The quantitative estimate of drug-likeness (QED) is 0.853. The number of carbonyl (C=O) groups excluding carboxylic acids is 1.